The molecule has 0 amide bonds. The summed E-state index contributed by atoms with van der Waals surface area (Å²) in [6, 6.07) is 71.8. The monoisotopic (exact) mass is 777 g/mol. The van der Waals surface area contributed by atoms with Crippen LogP contribution in [-0.4, -0.2) is 15.0 Å². The lowest BCUT2D eigenvalue weighted by Gasteiger charge is -2.26. The van der Waals surface area contributed by atoms with E-state index in [4.69, 9.17) is 15.0 Å². The van der Waals surface area contributed by atoms with E-state index in [1.165, 1.54) is 49.5 Å². The summed E-state index contributed by atoms with van der Waals surface area (Å²) in [6.45, 7) is 4.71. The lowest BCUT2D eigenvalue weighted by atomic mass is 9.77. The van der Waals surface area contributed by atoms with E-state index in [1.54, 1.807) is 0 Å². The second kappa shape index (κ2) is 13.7. The third-order valence-corrected chi connectivity index (χ3v) is 12.8. The van der Waals surface area contributed by atoms with Gasteiger partial charge in [-0.15, -0.1) is 0 Å². The second-order valence-corrected chi connectivity index (χ2v) is 16.7. The Morgan fingerprint density at radius 1 is 0.377 bits per heavy atom. The number of rotatable bonds is 5. The Labute approximate surface area is 354 Å². The number of benzene rings is 8. The Kier molecular flexibility index (Phi) is 7.88. The third-order valence-electron chi connectivity index (χ3n) is 12.8. The van der Waals surface area contributed by atoms with E-state index in [0.717, 1.165) is 72.2 Å². The van der Waals surface area contributed by atoms with E-state index in [-0.39, 0.29) is 5.41 Å². The van der Waals surface area contributed by atoms with Crippen LogP contribution in [0.1, 0.15) is 25.0 Å². The zero-order valence-electron chi connectivity index (χ0n) is 33.9. The van der Waals surface area contributed by atoms with Crippen LogP contribution in [0.3, 0.4) is 0 Å². The van der Waals surface area contributed by atoms with Gasteiger partial charge in [0.1, 0.15) is 0 Å². The normalized spacial score (nSPS) is 12.9. The minimum Gasteiger partial charge on any atom is -0.247 e. The summed E-state index contributed by atoms with van der Waals surface area (Å²) in [6.07, 6.45) is 0. The maximum Gasteiger partial charge on any atom is 0.0978 e. The second-order valence-electron chi connectivity index (χ2n) is 16.7. The van der Waals surface area contributed by atoms with Gasteiger partial charge in [0, 0.05) is 38.3 Å². The van der Waals surface area contributed by atoms with Gasteiger partial charge in [-0.3, -0.25) is 0 Å². The van der Waals surface area contributed by atoms with Crippen LogP contribution in [0.2, 0.25) is 0 Å². The molecule has 3 heterocycles. The molecule has 3 heteroatoms. The fraction of sp³-hybridized carbons (Fsp3) is 0.0517. The van der Waals surface area contributed by atoms with Crippen LogP contribution in [0.4, 0.5) is 0 Å². The molecule has 1 aliphatic rings. The maximum atomic E-state index is 5.42. The van der Waals surface area contributed by atoms with Crippen molar-refractivity contribution in [3.8, 4) is 67.2 Å². The average molecular weight is 778 g/mol. The molecule has 0 bridgehead atoms. The van der Waals surface area contributed by atoms with Gasteiger partial charge < -0.3 is 0 Å². The van der Waals surface area contributed by atoms with Crippen molar-refractivity contribution in [1.29, 1.82) is 0 Å². The molecule has 3 nitrogen and oxygen atoms in total. The Bertz CT molecular complexity index is 3530. The van der Waals surface area contributed by atoms with Gasteiger partial charge in [0.25, 0.3) is 0 Å². The highest BCUT2D eigenvalue weighted by molar-refractivity contribution is 6.16. The number of nitrogens with zero attached hydrogens (tertiary/aromatic N) is 3. The topological polar surface area (TPSA) is 38.7 Å². The van der Waals surface area contributed by atoms with Gasteiger partial charge in [-0.25, -0.2) is 15.0 Å². The summed E-state index contributed by atoms with van der Waals surface area (Å²) in [4.78, 5) is 16.0. The molecule has 286 valence electrons. The summed E-state index contributed by atoms with van der Waals surface area (Å²) in [5.74, 6) is 0. The molecule has 12 rings (SSSR count). The van der Waals surface area contributed by atoms with Gasteiger partial charge >= 0.3 is 0 Å². The lowest BCUT2D eigenvalue weighted by Crippen LogP contribution is -2.16. The van der Waals surface area contributed by atoms with E-state index < -0.39 is 0 Å². The molecule has 0 radical (unpaired) electrons. The highest BCUT2D eigenvalue weighted by atomic mass is 14.8. The lowest BCUT2D eigenvalue weighted by molar-refractivity contribution is 0.662. The molecule has 3 aromatic heterocycles. The molecule has 0 spiro atoms. The molecule has 0 aliphatic heterocycles. The minimum absolute atomic E-state index is 0.227. The fourth-order valence-corrected chi connectivity index (χ4v) is 9.84. The molecule has 0 N–H and O–H groups in total. The molecule has 0 atom stereocenters. The van der Waals surface area contributed by atoms with Crippen LogP contribution >= 0.6 is 0 Å². The first-order chi connectivity index (χ1) is 30.0. The fourth-order valence-electron chi connectivity index (χ4n) is 9.84. The van der Waals surface area contributed by atoms with Crippen molar-refractivity contribution in [2.75, 3.05) is 0 Å². The Morgan fingerprint density at radius 3 is 1.79 bits per heavy atom. The highest BCUT2D eigenvalue weighted by Gasteiger charge is 2.39. The SMILES string of the molecule is CC1(C)c2ccccc2-c2nc3ccc4ccccc4c3c(-c3cccc(-c4ccc(-c5cc6ccc(-c7ccccc7)nc6c6nc(-c7ccccc7)ccc56)cc4)c3)c21. The molecule has 0 saturated heterocycles. The van der Waals surface area contributed by atoms with Crippen LogP contribution in [0.25, 0.3) is 111 Å². The summed E-state index contributed by atoms with van der Waals surface area (Å²) >= 11 is 0. The minimum atomic E-state index is -0.227. The van der Waals surface area contributed by atoms with Crippen molar-refractivity contribution in [1.82, 2.24) is 15.0 Å². The zero-order chi connectivity index (χ0) is 40.7. The van der Waals surface area contributed by atoms with Gasteiger partial charge in [-0.1, -0.05) is 178 Å². The maximum absolute atomic E-state index is 5.42. The van der Waals surface area contributed by atoms with E-state index in [0.29, 0.717) is 0 Å². The predicted octanol–water partition coefficient (Wildman–Crippen LogP) is 15.1. The van der Waals surface area contributed by atoms with Gasteiger partial charge in [0.15, 0.2) is 0 Å². The molecule has 0 saturated carbocycles. The number of aromatic nitrogens is 3. The molecular weight excluding hydrogens is 739 g/mol. The van der Waals surface area contributed by atoms with Crippen LogP contribution in [0, 0.1) is 0 Å². The van der Waals surface area contributed by atoms with Crippen molar-refractivity contribution in [2.45, 2.75) is 19.3 Å². The van der Waals surface area contributed by atoms with E-state index >= 15 is 0 Å². The number of pyridine rings is 3. The number of hydrogen-bond donors (Lipinski definition) is 0. The van der Waals surface area contributed by atoms with Gasteiger partial charge in [0.05, 0.1) is 33.6 Å². The molecule has 61 heavy (non-hydrogen) atoms. The van der Waals surface area contributed by atoms with Crippen molar-refractivity contribution in [2.24, 2.45) is 0 Å². The Balaban J connectivity index is 1.00. The quantitative estimate of drug-likeness (QED) is 0.163. The van der Waals surface area contributed by atoms with Crippen molar-refractivity contribution in [3.63, 3.8) is 0 Å². The summed E-state index contributed by atoms with van der Waals surface area (Å²) in [5, 5.41) is 5.80. The van der Waals surface area contributed by atoms with E-state index in [2.05, 4.69) is 202 Å². The highest BCUT2D eigenvalue weighted by Crippen LogP contribution is 2.54. The molecule has 1 aliphatic carbocycles. The van der Waals surface area contributed by atoms with Crippen molar-refractivity contribution < 1.29 is 0 Å². The van der Waals surface area contributed by atoms with E-state index in [1.807, 2.05) is 12.1 Å². The van der Waals surface area contributed by atoms with Gasteiger partial charge in [0.2, 0.25) is 0 Å². The van der Waals surface area contributed by atoms with E-state index in [9.17, 15) is 0 Å². The van der Waals surface area contributed by atoms with Gasteiger partial charge in [-0.2, -0.15) is 0 Å². The van der Waals surface area contributed by atoms with Crippen molar-refractivity contribution >= 4 is 43.5 Å². The molecule has 8 aromatic carbocycles. The number of hydrogen-bond acceptors (Lipinski definition) is 3. The van der Waals surface area contributed by atoms with Crippen LogP contribution in [0.15, 0.2) is 200 Å². The first-order valence-corrected chi connectivity index (χ1v) is 21.0. The first-order valence-electron chi connectivity index (χ1n) is 21.0. The van der Waals surface area contributed by atoms with Crippen LogP contribution < -0.4 is 0 Å². The largest absolute Gasteiger partial charge is 0.247 e. The van der Waals surface area contributed by atoms with Crippen LogP contribution in [0.5, 0.6) is 0 Å². The molecule has 0 fully saturated rings. The summed E-state index contributed by atoms with van der Waals surface area (Å²) in [7, 11) is 0. The Hall–Kier alpha value is -7.75. The standard InChI is InChI=1S/C58H39N3/c1-58(2)48-23-12-11-22-46(48)56-54(58)52(53-44-21-10-9-14-37(44)28-32-51(53)61-56)42-20-13-19-41(34-42)36-24-26-38(27-25-36)47-35-43-29-31-49(39-15-5-3-6-16-39)59-55(43)57-45(47)30-33-50(60-57)40-17-7-4-8-18-40/h3-35H,1-2H3. The molecular formula is C58H39N3. The first kappa shape index (κ1) is 35.2. The van der Waals surface area contributed by atoms with Crippen molar-refractivity contribution in [3.05, 3.63) is 211 Å². The number of fused-ring (bicyclic) bond motifs is 9. The smallest absolute Gasteiger partial charge is 0.0978 e. The summed E-state index contributed by atoms with van der Waals surface area (Å²) < 4.78 is 0. The summed E-state index contributed by atoms with van der Waals surface area (Å²) in [5.41, 5.74) is 18.7. The zero-order valence-corrected chi connectivity index (χ0v) is 33.9. The average Bonchev–Trinajstić information content (AvgIpc) is 3.56. The molecule has 11 aromatic rings. The van der Waals surface area contributed by atoms with Crippen LogP contribution in [-0.2, 0) is 5.41 Å². The predicted molar refractivity (Wildman–Crippen MR) is 255 cm³/mol. The molecule has 0 unspecified atom stereocenters. The Morgan fingerprint density at radius 2 is 1.00 bits per heavy atom. The van der Waals surface area contributed by atoms with Gasteiger partial charge in [-0.05, 0) is 91.7 Å². The third kappa shape index (κ3) is 5.62.